The second kappa shape index (κ2) is 6.20. The lowest BCUT2D eigenvalue weighted by Gasteiger charge is -2.31. The van der Waals surface area contributed by atoms with E-state index in [2.05, 4.69) is 18.4 Å². The molecule has 14 heavy (non-hydrogen) atoms. The first-order valence-electron chi connectivity index (χ1n) is 5.85. The maximum Gasteiger partial charge on any atom is 0.0160 e. The standard InChI is InChI=1S/C12H24N2/c1-3-8-14(4-2)10-11-6-5-7-12(13)9-11/h3,11-12H,1,4-10,13H2,2H3. The van der Waals surface area contributed by atoms with Crippen LogP contribution in [0, 0.1) is 5.92 Å². The largest absolute Gasteiger partial charge is 0.328 e. The van der Waals surface area contributed by atoms with E-state index in [0.29, 0.717) is 6.04 Å². The Kier molecular flexibility index (Phi) is 5.20. The summed E-state index contributed by atoms with van der Waals surface area (Å²) in [5.74, 6) is 0.818. The highest BCUT2D eigenvalue weighted by molar-refractivity contribution is 4.80. The molecular weight excluding hydrogens is 172 g/mol. The van der Waals surface area contributed by atoms with Crippen molar-refractivity contribution in [2.45, 2.75) is 38.6 Å². The third-order valence-electron chi connectivity index (χ3n) is 3.17. The quantitative estimate of drug-likeness (QED) is 0.682. The third kappa shape index (κ3) is 3.81. The molecule has 0 saturated heterocycles. The fourth-order valence-electron chi connectivity index (χ4n) is 2.38. The summed E-state index contributed by atoms with van der Waals surface area (Å²) in [5.41, 5.74) is 5.98. The predicted octanol–water partition coefficient (Wildman–Crippen LogP) is 2.01. The van der Waals surface area contributed by atoms with Gasteiger partial charge >= 0.3 is 0 Å². The molecule has 0 radical (unpaired) electrons. The second-order valence-corrected chi connectivity index (χ2v) is 4.43. The van der Waals surface area contributed by atoms with Crippen LogP contribution >= 0.6 is 0 Å². The molecule has 1 saturated carbocycles. The minimum atomic E-state index is 0.455. The first-order valence-corrected chi connectivity index (χ1v) is 5.85. The number of rotatable bonds is 5. The van der Waals surface area contributed by atoms with Gasteiger partial charge in [-0.1, -0.05) is 19.4 Å². The molecule has 2 nitrogen and oxygen atoms in total. The summed E-state index contributed by atoms with van der Waals surface area (Å²) < 4.78 is 0. The maximum atomic E-state index is 5.98. The highest BCUT2D eigenvalue weighted by Crippen LogP contribution is 2.23. The average Bonchev–Trinajstić information content (AvgIpc) is 2.17. The number of likely N-dealkylation sites (N-methyl/N-ethyl adjacent to an activating group) is 1. The van der Waals surface area contributed by atoms with Crippen molar-refractivity contribution in [2.75, 3.05) is 19.6 Å². The van der Waals surface area contributed by atoms with Gasteiger partial charge in [0.15, 0.2) is 0 Å². The molecule has 0 aromatic heterocycles. The minimum absolute atomic E-state index is 0.455. The highest BCUT2D eigenvalue weighted by atomic mass is 15.1. The van der Waals surface area contributed by atoms with Gasteiger partial charge in [-0.3, -0.25) is 4.90 Å². The number of nitrogens with two attached hydrogens (primary N) is 1. The molecule has 0 aromatic carbocycles. The van der Waals surface area contributed by atoms with Crippen LogP contribution in [0.25, 0.3) is 0 Å². The molecule has 82 valence electrons. The van der Waals surface area contributed by atoms with Gasteiger partial charge in [-0.25, -0.2) is 0 Å². The molecule has 2 N–H and O–H groups in total. The van der Waals surface area contributed by atoms with Crippen LogP contribution in [0.1, 0.15) is 32.6 Å². The van der Waals surface area contributed by atoms with E-state index in [0.717, 1.165) is 19.0 Å². The Morgan fingerprint density at radius 1 is 1.50 bits per heavy atom. The lowest BCUT2D eigenvalue weighted by molar-refractivity contribution is 0.213. The summed E-state index contributed by atoms with van der Waals surface area (Å²) in [6, 6.07) is 0.455. The molecule has 2 heteroatoms. The smallest absolute Gasteiger partial charge is 0.0160 e. The predicted molar refractivity (Wildman–Crippen MR) is 62.2 cm³/mol. The molecule has 2 unspecified atom stereocenters. The normalized spacial score (nSPS) is 27.9. The van der Waals surface area contributed by atoms with Gasteiger partial charge in [0, 0.05) is 19.1 Å². The van der Waals surface area contributed by atoms with Crippen molar-refractivity contribution in [3.8, 4) is 0 Å². The molecule has 0 spiro atoms. The Morgan fingerprint density at radius 2 is 2.29 bits per heavy atom. The van der Waals surface area contributed by atoms with Crippen LogP contribution in [0.2, 0.25) is 0 Å². The monoisotopic (exact) mass is 196 g/mol. The Bertz CT molecular complexity index is 168. The number of nitrogens with zero attached hydrogens (tertiary/aromatic N) is 1. The lowest BCUT2D eigenvalue weighted by atomic mass is 9.86. The zero-order valence-electron chi connectivity index (χ0n) is 9.41. The van der Waals surface area contributed by atoms with Gasteiger partial charge in [0.05, 0.1) is 0 Å². The van der Waals surface area contributed by atoms with E-state index >= 15 is 0 Å². The second-order valence-electron chi connectivity index (χ2n) is 4.43. The van der Waals surface area contributed by atoms with Gasteiger partial charge < -0.3 is 5.73 Å². The summed E-state index contributed by atoms with van der Waals surface area (Å²) in [6.07, 6.45) is 7.11. The lowest BCUT2D eigenvalue weighted by Crippen LogP contribution is -2.35. The van der Waals surface area contributed by atoms with E-state index in [1.165, 1.54) is 32.2 Å². The number of hydrogen-bond donors (Lipinski definition) is 1. The van der Waals surface area contributed by atoms with E-state index in [4.69, 9.17) is 5.73 Å². The van der Waals surface area contributed by atoms with Crippen molar-refractivity contribution < 1.29 is 0 Å². The highest BCUT2D eigenvalue weighted by Gasteiger charge is 2.20. The zero-order chi connectivity index (χ0) is 10.4. The Morgan fingerprint density at radius 3 is 2.86 bits per heavy atom. The topological polar surface area (TPSA) is 29.3 Å². The molecule has 0 aliphatic heterocycles. The summed E-state index contributed by atoms with van der Waals surface area (Å²) in [5, 5.41) is 0. The van der Waals surface area contributed by atoms with Crippen LogP contribution in [0.3, 0.4) is 0 Å². The van der Waals surface area contributed by atoms with Gasteiger partial charge in [0.1, 0.15) is 0 Å². The maximum absolute atomic E-state index is 5.98. The van der Waals surface area contributed by atoms with Gasteiger partial charge in [0.25, 0.3) is 0 Å². The van der Waals surface area contributed by atoms with Crippen LogP contribution in [0.15, 0.2) is 12.7 Å². The molecular formula is C12H24N2. The van der Waals surface area contributed by atoms with E-state index in [1.54, 1.807) is 0 Å². The Labute approximate surface area is 88.2 Å². The van der Waals surface area contributed by atoms with Gasteiger partial charge in [-0.2, -0.15) is 0 Å². The van der Waals surface area contributed by atoms with Crippen LogP contribution in [0.4, 0.5) is 0 Å². The van der Waals surface area contributed by atoms with E-state index < -0.39 is 0 Å². The van der Waals surface area contributed by atoms with Gasteiger partial charge in [-0.05, 0) is 31.7 Å². The molecule has 2 atom stereocenters. The van der Waals surface area contributed by atoms with E-state index in [1.807, 2.05) is 6.08 Å². The van der Waals surface area contributed by atoms with Crippen molar-refractivity contribution in [3.05, 3.63) is 12.7 Å². The SMILES string of the molecule is C=CCN(CC)CC1CCCC(N)C1. The molecule has 0 amide bonds. The summed E-state index contributed by atoms with van der Waals surface area (Å²) >= 11 is 0. The van der Waals surface area contributed by atoms with Gasteiger partial charge in [0.2, 0.25) is 0 Å². The molecule has 1 fully saturated rings. The zero-order valence-corrected chi connectivity index (χ0v) is 9.41. The first kappa shape index (κ1) is 11.7. The van der Waals surface area contributed by atoms with Crippen molar-refractivity contribution in [1.82, 2.24) is 4.90 Å². The molecule has 1 aliphatic carbocycles. The van der Waals surface area contributed by atoms with Gasteiger partial charge in [-0.15, -0.1) is 6.58 Å². The average molecular weight is 196 g/mol. The van der Waals surface area contributed by atoms with Crippen molar-refractivity contribution in [2.24, 2.45) is 11.7 Å². The van der Waals surface area contributed by atoms with Crippen LogP contribution in [-0.4, -0.2) is 30.6 Å². The number of hydrogen-bond acceptors (Lipinski definition) is 2. The third-order valence-corrected chi connectivity index (χ3v) is 3.17. The molecule has 0 aromatic rings. The fourth-order valence-corrected chi connectivity index (χ4v) is 2.38. The molecule has 1 aliphatic rings. The summed E-state index contributed by atoms with van der Waals surface area (Å²) in [4.78, 5) is 2.45. The minimum Gasteiger partial charge on any atom is -0.328 e. The summed E-state index contributed by atoms with van der Waals surface area (Å²) in [7, 11) is 0. The van der Waals surface area contributed by atoms with Crippen LogP contribution in [-0.2, 0) is 0 Å². The fraction of sp³-hybridized carbons (Fsp3) is 0.833. The molecule has 0 bridgehead atoms. The van der Waals surface area contributed by atoms with Crippen LogP contribution in [0.5, 0.6) is 0 Å². The van der Waals surface area contributed by atoms with Crippen molar-refractivity contribution in [3.63, 3.8) is 0 Å². The Hall–Kier alpha value is -0.340. The van der Waals surface area contributed by atoms with Crippen LogP contribution < -0.4 is 5.73 Å². The Balaban J connectivity index is 2.29. The van der Waals surface area contributed by atoms with Crippen molar-refractivity contribution in [1.29, 1.82) is 0 Å². The van der Waals surface area contributed by atoms with E-state index in [9.17, 15) is 0 Å². The molecule has 0 heterocycles. The molecule has 1 rings (SSSR count). The van der Waals surface area contributed by atoms with Crippen molar-refractivity contribution >= 4 is 0 Å². The van der Waals surface area contributed by atoms with E-state index in [-0.39, 0.29) is 0 Å². The summed E-state index contributed by atoms with van der Waals surface area (Å²) in [6.45, 7) is 9.35. The first-order chi connectivity index (χ1) is 6.76.